The summed E-state index contributed by atoms with van der Waals surface area (Å²) in [7, 11) is -0.903. The summed E-state index contributed by atoms with van der Waals surface area (Å²) in [5.41, 5.74) is 1.04. The second-order valence-corrected chi connectivity index (χ2v) is 9.71. The lowest BCUT2D eigenvalue weighted by molar-refractivity contribution is -0.139. The molecular weight excluding hydrogens is 486 g/mol. The molecule has 0 spiro atoms. The van der Waals surface area contributed by atoms with Gasteiger partial charge in [-0.1, -0.05) is 40.2 Å². The van der Waals surface area contributed by atoms with Crippen molar-refractivity contribution in [3.8, 4) is 5.75 Å². The number of hydrogen-bond donors (Lipinski definition) is 1. The van der Waals surface area contributed by atoms with Crippen molar-refractivity contribution in [1.82, 2.24) is 10.2 Å². The molecule has 1 N–H and O–H groups in total. The van der Waals surface area contributed by atoms with Gasteiger partial charge in [-0.3, -0.25) is 13.9 Å². The largest absolute Gasteiger partial charge is 0.495 e. The molecular formula is C21H26BrN3O5S. The number of nitrogens with zero attached hydrogens (tertiary/aromatic N) is 2. The lowest BCUT2D eigenvalue weighted by atomic mass is 10.1. The van der Waals surface area contributed by atoms with Crippen molar-refractivity contribution in [3.63, 3.8) is 0 Å². The smallest absolute Gasteiger partial charge is 0.244 e. The van der Waals surface area contributed by atoms with Crippen LogP contribution >= 0.6 is 15.9 Å². The number of amides is 2. The van der Waals surface area contributed by atoms with Crippen LogP contribution in [0, 0.1) is 0 Å². The summed E-state index contributed by atoms with van der Waals surface area (Å²) in [4.78, 5) is 27.0. The molecule has 0 fully saturated rings. The van der Waals surface area contributed by atoms with E-state index in [1.807, 2.05) is 24.3 Å². The highest BCUT2D eigenvalue weighted by molar-refractivity contribution is 9.10. The van der Waals surface area contributed by atoms with Gasteiger partial charge in [0.2, 0.25) is 21.8 Å². The molecule has 0 saturated carbocycles. The van der Waals surface area contributed by atoms with E-state index in [1.165, 1.54) is 19.1 Å². The van der Waals surface area contributed by atoms with Gasteiger partial charge in [0.25, 0.3) is 0 Å². The average molecular weight is 512 g/mol. The quantitative estimate of drug-likeness (QED) is 0.557. The molecule has 10 heteroatoms. The molecule has 1 atom stereocenters. The Bertz CT molecular complexity index is 1040. The van der Waals surface area contributed by atoms with Gasteiger partial charge in [0.05, 0.1) is 19.1 Å². The number of carbonyl (C=O) groups excluding carboxylic acids is 2. The third kappa shape index (κ3) is 6.44. The van der Waals surface area contributed by atoms with Gasteiger partial charge in [0.1, 0.15) is 18.3 Å². The van der Waals surface area contributed by atoms with E-state index in [0.29, 0.717) is 5.75 Å². The Morgan fingerprint density at radius 2 is 1.84 bits per heavy atom. The molecule has 2 aromatic rings. The number of benzene rings is 2. The maximum absolute atomic E-state index is 13.3. The van der Waals surface area contributed by atoms with Gasteiger partial charge < -0.3 is 15.0 Å². The summed E-state index contributed by atoms with van der Waals surface area (Å²) in [6, 6.07) is 13.1. The minimum Gasteiger partial charge on any atom is -0.495 e. The van der Waals surface area contributed by atoms with Crippen LogP contribution in [0.15, 0.2) is 53.0 Å². The highest BCUT2D eigenvalue weighted by Crippen LogP contribution is 2.29. The van der Waals surface area contributed by atoms with E-state index in [4.69, 9.17) is 4.74 Å². The highest BCUT2D eigenvalue weighted by atomic mass is 79.9. The lowest BCUT2D eigenvalue weighted by Crippen LogP contribution is -2.50. The fourth-order valence-electron chi connectivity index (χ4n) is 3.05. The Labute approximate surface area is 191 Å². The number of para-hydroxylation sites is 2. The molecule has 0 aliphatic carbocycles. The molecule has 0 heterocycles. The van der Waals surface area contributed by atoms with Crippen LogP contribution in [0.1, 0.15) is 12.5 Å². The van der Waals surface area contributed by atoms with Crippen molar-refractivity contribution in [2.24, 2.45) is 0 Å². The van der Waals surface area contributed by atoms with Crippen LogP contribution in [0.2, 0.25) is 0 Å². The number of carbonyl (C=O) groups is 2. The van der Waals surface area contributed by atoms with Gasteiger partial charge in [-0.15, -0.1) is 0 Å². The van der Waals surface area contributed by atoms with Crippen LogP contribution < -0.4 is 14.4 Å². The minimum atomic E-state index is -3.81. The molecule has 0 saturated heterocycles. The summed E-state index contributed by atoms with van der Waals surface area (Å²) in [6.45, 7) is 1.26. The van der Waals surface area contributed by atoms with Gasteiger partial charge in [0.15, 0.2) is 0 Å². The third-order valence-corrected chi connectivity index (χ3v) is 6.31. The van der Waals surface area contributed by atoms with Crippen molar-refractivity contribution in [2.45, 2.75) is 19.5 Å². The number of rotatable bonds is 9. The molecule has 0 bridgehead atoms. The predicted molar refractivity (Wildman–Crippen MR) is 123 cm³/mol. The molecule has 8 nitrogen and oxygen atoms in total. The van der Waals surface area contributed by atoms with Gasteiger partial charge in [-0.05, 0) is 36.8 Å². The molecule has 168 valence electrons. The maximum atomic E-state index is 13.3. The van der Waals surface area contributed by atoms with Crippen molar-refractivity contribution in [1.29, 1.82) is 0 Å². The molecule has 2 amide bonds. The number of methoxy groups -OCH3 is 1. The highest BCUT2D eigenvalue weighted by Gasteiger charge is 2.30. The monoisotopic (exact) mass is 511 g/mol. The average Bonchev–Trinajstić information content (AvgIpc) is 2.73. The van der Waals surface area contributed by atoms with Crippen LogP contribution in [-0.4, -0.2) is 58.1 Å². The number of sulfonamides is 1. The fraction of sp³-hybridized carbons (Fsp3) is 0.333. The minimum absolute atomic E-state index is 0.135. The summed E-state index contributed by atoms with van der Waals surface area (Å²) >= 11 is 3.40. The fourth-order valence-corrected chi connectivity index (χ4v) is 4.35. The zero-order valence-corrected chi connectivity index (χ0v) is 20.2. The molecule has 0 aromatic heterocycles. The van der Waals surface area contributed by atoms with Crippen molar-refractivity contribution < 1.29 is 22.7 Å². The molecule has 0 aliphatic rings. The Kier molecular flexibility index (Phi) is 8.46. The summed E-state index contributed by atoms with van der Waals surface area (Å²) < 4.78 is 32.2. The standard InChI is InChI=1S/C21H26BrN3O5S/c1-15(21(27)23-2)24(13-16-8-7-9-17(22)12-16)20(26)14-25(31(4,28)29)18-10-5-6-11-19(18)30-3/h5-12,15H,13-14H2,1-4H3,(H,23,27). The van der Waals surface area contributed by atoms with Crippen LogP contribution in [-0.2, 0) is 26.2 Å². The van der Waals surface area contributed by atoms with Crippen LogP contribution in [0.25, 0.3) is 0 Å². The van der Waals surface area contributed by atoms with Gasteiger partial charge in [-0.25, -0.2) is 8.42 Å². The van der Waals surface area contributed by atoms with E-state index in [-0.39, 0.29) is 18.1 Å². The molecule has 2 rings (SSSR count). The van der Waals surface area contributed by atoms with E-state index in [2.05, 4.69) is 21.2 Å². The van der Waals surface area contributed by atoms with Gasteiger partial charge in [0, 0.05) is 18.1 Å². The first kappa shape index (κ1) is 24.7. The first-order valence-electron chi connectivity index (χ1n) is 9.44. The zero-order chi connectivity index (χ0) is 23.2. The first-order valence-corrected chi connectivity index (χ1v) is 12.1. The summed E-state index contributed by atoms with van der Waals surface area (Å²) in [5.74, 6) is -0.558. The van der Waals surface area contributed by atoms with Crippen LogP contribution in [0.3, 0.4) is 0 Å². The van der Waals surface area contributed by atoms with Crippen LogP contribution in [0.5, 0.6) is 5.75 Å². The Balaban J connectivity index is 2.42. The predicted octanol–water partition coefficient (Wildman–Crippen LogP) is 2.39. The molecule has 2 aromatic carbocycles. The number of hydrogen-bond acceptors (Lipinski definition) is 5. The maximum Gasteiger partial charge on any atom is 0.244 e. The van der Waals surface area contributed by atoms with Crippen molar-refractivity contribution in [3.05, 3.63) is 58.6 Å². The summed E-state index contributed by atoms with van der Waals surface area (Å²) in [6.07, 6.45) is 1.02. The third-order valence-electron chi connectivity index (χ3n) is 4.69. The Morgan fingerprint density at radius 3 is 2.42 bits per heavy atom. The van der Waals surface area contributed by atoms with E-state index < -0.39 is 28.5 Å². The Hall–Kier alpha value is -2.59. The zero-order valence-electron chi connectivity index (χ0n) is 17.8. The molecule has 31 heavy (non-hydrogen) atoms. The Morgan fingerprint density at radius 1 is 1.16 bits per heavy atom. The van der Waals surface area contributed by atoms with Crippen molar-refractivity contribution in [2.75, 3.05) is 31.3 Å². The summed E-state index contributed by atoms with van der Waals surface area (Å²) in [5, 5.41) is 2.54. The number of nitrogens with one attached hydrogen (secondary N) is 1. The number of halogens is 1. The molecule has 0 radical (unpaired) electrons. The molecule has 1 unspecified atom stereocenters. The first-order chi connectivity index (χ1) is 14.6. The second-order valence-electron chi connectivity index (χ2n) is 6.88. The van der Waals surface area contributed by atoms with Crippen molar-refractivity contribution >= 4 is 43.5 Å². The number of likely N-dealkylation sites (N-methyl/N-ethyl adjacent to an activating group) is 1. The molecule has 0 aliphatic heterocycles. The van der Waals surface area contributed by atoms with Gasteiger partial charge in [-0.2, -0.15) is 0 Å². The van der Waals surface area contributed by atoms with E-state index in [1.54, 1.807) is 31.2 Å². The van der Waals surface area contributed by atoms with E-state index >= 15 is 0 Å². The van der Waals surface area contributed by atoms with E-state index in [0.717, 1.165) is 20.6 Å². The number of anilines is 1. The second kappa shape index (κ2) is 10.6. The lowest BCUT2D eigenvalue weighted by Gasteiger charge is -2.31. The van der Waals surface area contributed by atoms with Gasteiger partial charge >= 0.3 is 0 Å². The normalized spacial score (nSPS) is 12.0. The van der Waals surface area contributed by atoms with Crippen LogP contribution in [0.4, 0.5) is 5.69 Å². The van der Waals surface area contributed by atoms with E-state index in [9.17, 15) is 18.0 Å². The topological polar surface area (TPSA) is 96.0 Å². The number of ether oxygens (including phenoxy) is 1. The SMILES string of the molecule is CNC(=O)C(C)N(Cc1cccc(Br)c1)C(=O)CN(c1ccccc1OC)S(C)(=O)=O.